The second-order valence-corrected chi connectivity index (χ2v) is 5.79. The highest BCUT2D eigenvalue weighted by molar-refractivity contribution is 7.10. The van der Waals surface area contributed by atoms with E-state index in [2.05, 4.69) is 54.7 Å². The lowest BCUT2D eigenvalue weighted by molar-refractivity contribution is 0.301. The van der Waals surface area contributed by atoms with Crippen LogP contribution in [-0.4, -0.2) is 16.1 Å². The van der Waals surface area contributed by atoms with Crippen LogP contribution in [0.5, 0.6) is 5.75 Å². The van der Waals surface area contributed by atoms with Crippen molar-refractivity contribution in [1.82, 2.24) is 9.59 Å². The van der Waals surface area contributed by atoms with Crippen molar-refractivity contribution in [2.45, 2.75) is 40.2 Å². The number of nitrogens with one attached hydrogen (secondary N) is 1. The molecule has 108 valence electrons. The van der Waals surface area contributed by atoms with E-state index >= 15 is 0 Å². The topological polar surface area (TPSA) is 47.0 Å². The van der Waals surface area contributed by atoms with E-state index in [1.807, 2.05) is 6.07 Å². The summed E-state index contributed by atoms with van der Waals surface area (Å²) in [5, 5.41) is 8.33. The first kappa shape index (κ1) is 14.8. The second-order valence-electron chi connectivity index (χ2n) is 5.04. The molecule has 0 amide bonds. The lowest BCUT2D eigenvalue weighted by atomic mass is 9.98. The monoisotopic (exact) mass is 291 g/mol. The van der Waals surface area contributed by atoms with Gasteiger partial charge in [-0.05, 0) is 43.0 Å². The molecule has 0 atom stereocenters. The molecule has 5 heteroatoms. The SMILES string of the molecule is CCNc1snnc1COc1ccc(C(C)C)c(C)c1. The van der Waals surface area contributed by atoms with Gasteiger partial charge in [0.1, 0.15) is 23.1 Å². The van der Waals surface area contributed by atoms with E-state index in [1.54, 1.807) is 0 Å². The Morgan fingerprint density at radius 2 is 2.15 bits per heavy atom. The smallest absolute Gasteiger partial charge is 0.136 e. The molecule has 1 aromatic heterocycles. The zero-order chi connectivity index (χ0) is 14.5. The van der Waals surface area contributed by atoms with E-state index in [0.717, 1.165) is 23.0 Å². The average Bonchev–Trinajstić information content (AvgIpc) is 2.84. The number of benzene rings is 1. The standard InChI is InChI=1S/C15H21N3OS/c1-5-16-15-14(17-18-20-15)9-19-12-6-7-13(10(2)3)11(4)8-12/h6-8,10,16H,5,9H2,1-4H3. The molecule has 0 fully saturated rings. The maximum absolute atomic E-state index is 5.82. The molecule has 0 aliphatic rings. The first-order valence-electron chi connectivity index (χ1n) is 6.90. The number of ether oxygens (including phenoxy) is 1. The summed E-state index contributed by atoms with van der Waals surface area (Å²) in [6.07, 6.45) is 0. The first-order chi connectivity index (χ1) is 9.61. The number of hydrogen-bond donors (Lipinski definition) is 1. The summed E-state index contributed by atoms with van der Waals surface area (Å²) >= 11 is 1.37. The number of nitrogens with zero attached hydrogens (tertiary/aromatic N) is 2. The van der Waals surface area contributed by atoms with Gasteiger partial charge in [0.05, 0.1) is 0 Å². The number of rotatable bonds is 6. The lowest BCUT2D eigenvalue weighted by Gasteiger charge is -2.12. The number of anilines is 1. The molecule has 0 aliphatic carbocycles. The van der Waals surface area contributed by atoms with Crippen LogP contribution < -0.4 is 10.1 Å². The molecule has 4 nitrogen and oxygen atoms in total. The minimum absolute atomic E-state index is 0.444. The van der Waals surface area contributed by atoms with Crippen molar-refractivity contribution in [2.24, 2.45) is 0 Å². The predicted octanol–water partition coefficient (Wildman–Crippen LogP) is 3.98. The number of hydrogen-bond acceptors (Lipinski definition) is 5. The van der Waals surface area contributed by atoms with Gasteiger partial charge in [0, 0.05) is 18.1 Å². The van der Waals surface area contributed by atoms with Crippen molar-refractivity contribution >= 4 is 16.5 Å². The van der Waals surface area contributed by atoms with Crippen molar-refractivity contribution in [3.8, 4) is 5.75 Å². The van der Waals surface area contributed by atoms with Gasteiger partial charge in [0.15, 0.2) is 0 Å². The molecule has 0 bridgehead atoms. The fourth-order valence-electron chi connectivity index (χ4n) is 2.14. The summed E-state index contributed by atoms with van der Waals surface area (Å²) in [5.74, 6) is 1.41. The Labute approximate surface area is 124 Å². The van der Waals surface area contributed by atoms with Gasteiger partial charge in [-0.2, -0.15) is 0 Å². The molecule has 2 aromatic rings. The Morgan fingerprint density at radius 3 is 2.80 bits per heavy atom. The van der Waals surface area contributed by atoms with Crippen LogP contribution in [0, 0.1) is 6.92 Å². The Bertz CT molecular complexity index is 566. The van der Waals surface area contributed by atoms with Gasteiger partial charge in [-0.25, -0.2) is 0 Å². The van der Waals surface area contributed by atoms with Crippen molar-refractivity contribution in [3.63, 3.8) is 0 Å². The molecule has 0 radical (unpaired) electrons. The molecule has 1 aromatic carbocycles. The van der Waals surface area contributed by atoms with Crippen LogP contribution >= 0.6 is 11.5 Å². The molecule has 2 rings (SSSR count). The van der Waals surface area contributed by atoms with E-state index in [-0.39, 0.29) is 0 Å². The van der Waals surface area contributed by atoms with Crippen LogP contribution in [0.25, 0.3) is 0 Å². The van der Waals surface area contributed by atoms with E-state index in [4.69, 9.17) is 4.74 Å². The van der Waals surface area contributed by atoms with Gasteiger partial charge in [-0.1, -0.05) is 24.4 Å². The van der Waals surface area contributed by atoms with Crippen molar-refractivity contribution in [1.29, 1.82) is 0 Å². The Kier molecular flexibility index (Phi) is 4.95. The molecular formula is C15H21N3OS. The van der Waals surface area contributed by atoms with Gasteiger partial charge in [-0.15, -0.1) is 5.10 Å². The molecule has 20 heavy (non-hydrogen) atoms. The highest BCUT2D eigenvalue weighted by Gasteiger charge is 2.09. The van der Waals surface area contributed by atoms with E-state index < -0.39 is 0 Å². The Hall–Kier alpha value is -1.62. The van der Waals surface area contributed by atoms with E-state index in [0.29, 0.717) is 12.5 Å². The number of aryl methyl sites for hydroxylation is 1. The van der Waals surface area contributed by atoms with E-state index in [9.17, 15) is 0 Å². The quantitative estimate of drug-likeness (QED) is 0.874. The van der Waals surface area contributed by atoms with Gasteiger partial charge in [0.2, 0.25) is 0 Å². The molecule has 1 N–H and O–H groups in total. The van der Waals surface area contributed by atoms with Crippen LogP contribution in [0.2, 0.25) is 0 Å². The molecular weight excluding hydrogens is 270 g/mol. The molecule has 0 saturated carbocycles. The normalized spacial score (nSPS) is 10.8. The third kappa shape index (κ3) is 3.48. The summed E-state index contributed by atoms with van der Waals surface area (Å²) in [5.41, 5.74) is 3.49. The Morgan fingerprint density at radius 1 is 1.35 bits per heavy atom. The fourth-order valence-corrected chi connectivity index (χ4v) is 2.77. The zero-order valence-electron chi connectivity index (χ0n) is 12.4. The molecule has 0 spiro atoms. The van der Waals surface area contributed by atoms with Crippen molar-refractivity contribution in [3.05, 3.63) is 35.0 Å². The fraction of sp³-hybridized carbons (Fsp3) is 0.467. The molecule has 1 heterocycles. The summed E-state index contributed by atoms with van der Waals surface area (Å²) in [4.78, 5) is 0. The van der Waals surface area contributed by atoms with E-state index in [1.165, 1.54) is 22.7 Å². The first-order valence-corrected chi connectivity index (χ1v) is 7.67. The van der Waals surface area contributed by atoms with Gasteiger partial charge >= 0.3 is 0 Å². The molecule has 0 saturated heterocycles. The van der Waals surface area contributed by atoms with Gasteiger partial charge < -0.3 is 10.1 Å². The lowest BCUT2D eigenvalue weighted by Crippen LogP contribution is -2.02. The van der Waals surface area contributed by atoms with Crippen LogP contribution in [0.1, 0.15) is 43.5 Å². The highest BCUT2D eigenvalue weighted by Crippen LogP contribution is 2.25. The van der Waals surface area contributed by atoms with Crippen LogP contribution in [0.4, 0.5) is 5.00 Å². The Balaban J connectivity index is 2.04. The minimum Gasteiger partial charge on any atom is -0.487 e. The third-order valence-electron chi connectivity index (χ3n) is 3.13. The average molecular weight is 291 g/mol. The second kappa shape index (κ2) is 6.70. The molecule has 0 unspecified atom stereocenters. The van der Waals surface area contributed by atoms with Crippen LogP contribution in [0.3, 0.4) is 0 Å². The van der Waals surface area contributed by atoms with Crippen LogP contribution in [-0.2, 0) is 6.61 Å². The number of aromatic nitrogens is 2. The summed E-state index contributed by atoms with van der Waals surface area (Å²) < 4.78 is 9.77. The molecule has 0 aliphatic heterocycles. The van der Waals surface area contributed by atoms with Gasteiger partial charge in [-0.3, -0.25) is 0 Å². The minimum atomic E-state index is 0.444. The van der Waals surface area contributed by atoms with Crippen molar-refractivity contribution < 1.29 is 4.74 Å². The summed E-state index contributed by atoms with van der Waals surface area (Å²) in [7, 11) is 0. The summed E-state index contributed by atoms with van der Waals surface area (Å²) in [6.45, 7) is 9.88. The zero-order valence-corrected chi connectivity index (χ0v) is 13.3. The maximum atomic E-state index is 5.82. The van der Waals surface area contributed by atoms with Gasteiger partial charge in [0.25, 0.3) is 0 Å². The predicted molar refractivity (Wildman–Crippen MR) is 83.7 cm³/mol. The van der Waals surface area contributed by atoms with Crippen molar-refractivity contribution in [2.75, 3.05) is 11.9 Å². The third-order valence-corrected chi connectivity index (χ3v) is 3.86. The van der Waals surface area contributed by atoms with Crippen LogP contribution in [0.15, 0.2) is 18.2 Å². The maximum Gasteiger partial charge on any atom is 0.136 e. The highest BCUT2D eigenvalue weighted by atomic mass is 32.1. The largest absolute Gasteiger partial charge is 0.487 e. The summed E-state index contributed by atoms with van der Waals surface area (Å²) in [6, 6.07) is 6.25.